The van der Waals surface area contributed by atoms with Crippen molar-refractivity contribution in [1.82, 2.24) is 15.7 Å². The Bertz CT molecular complexity index is 890. The molecule has 2 aromatic carbocycles. The molecule has 2 aromatic rings. The molecule has 6 nitrogen and oxygen atoms in total. The van der Waals surface area contributed by atoms with Crippen LogP contribution in [0, 0.1) is 18.8 Å². The Hall–Kier alpha value is -2.70. The van der Waals surface area contributed by atoms with Crippen molar-refractivity contribution in [3.63, 3.8) is 0 Å². The summed E-state index contributed by atoms with van der Waals surface area (Å²) < 4.78 is 0. The molecule has 2 amide bonds. The fourth-order valence-electron chi connectivity index (χ4n) is 4.25. The molecule has 0 bridgehead atoms. The predicted octanol–water partition coefficient (Wildman–Crippen LogP) is 3.52. The minimum atomic E-state index is -0.723. The number of carbonyl (C=O) groups excluding carboxylic acids is 2. The molecule has 0 spiro atoms. The van der Waals surface area contributed by atoms with E-state index in [0.29, 0.717) is 0 Å². The van der Waals surface area contributed by atoms with Crippen LogP contribution in [0.25, 0.3) is 11.1 Å². The van der Waals surface area contributed by atoms with Gasteiger partial charge in [0.1, 0.15) is 6.04 Å². The molecule has 1 aliphatic heterocycles. The highest BCUT2D eigenvalue weighted by Gasteiger charge is 2.30. The van der Waals surface area contributed by atoms with Crippen molar-refractivity contribution in [1.29, 1.82) is 0 Å². The van der Waals surface area contributed by atoms with Gasteiger partial charge in [0.25, 0.3) is 5.91 Å². The highest BCUT2D eigenvalue weighted by atomic mass is 16.5. The summed E-state index contributed by atoms with van der Waals surface area (Å²) in [4.78, 5) is 26.9. The van der Waals surface area contributed by atoms with Crippen molar-refractivity contribution in [2.75, 3.05) is 13.1 Å². The van der Waals surface area contributed by atoms with Crippen LogP contribution in [0.2, 0.25) is 0 Å². The molecule has 3 N–H and O–H groups in total. The quantitative estimate of drug-likeness (QED) is 0.470. The monoisotopic (exact) mass is 423 g/mol. The van der Waals surface area contributed by atoms with E-state index in [1.165, 1.54) is 22.3 Å². The van der Waals surface area contributed by atoms with E-state index in [0.717, 1.165) is 32.5 Å². The molecule has 1 saturated heterocycles. The molecule has 0 aromatic heterocycles. The third-order valence-electron chi connectivity index (χ3n) is 6.24. The van der Waals surface area contributed by atoms with Crippen LogP contribution in [-0.4, -0.2) is 41.1 Å². The van der Waals surface area contributed by atoms with Crippen LogP contribution in [0.1, 0.15) is 37.8 Å². The summed E-state index contributed by atoms with van der Waals surface area (Å²) in [6.07, 6.45) is 1.52. The molecule has 31 heavy (non-hydrogen) atoms. The van der Waals surface area contributed by atoms with Gasteiger partial charge in [-0.25, -0.2) is 5.48 Å². The summed E-state index contributed by atoms with van der Waals surface area (Å²) in [7, 11) is 0. The first-order chi connectivity index (χ1) is 14.9. The van der Waals surface area contributed by atoms with Crippen molar-refractivity contribution in [3.05, 3.63) is 59.7 Å². The van der Waals surface area contributed by atoms with Crippen LogP contribution < -0.4 is 10.8 Å². The molecule has 166 valence electrons. The van der Waals surface area contributed by atoms with E-state index in [2.05, 4.69) is 59.6 Å². The minimum absolute atomic E-state index is 0.101. The zero-order chi connectivity index (χ0) is 22.4. The van der Waals surface area contributed by atoms with Crippen molar-refractivity contribution in [2.45, 2.75) is 46.2 Å². The van der Waals surface area contributed by atoms with Crippen LogP contribution in [0.3, 0.4) is 0 Å². The maximum atomic E-state index is 12.7. The van der Waals surface area contributed by atoms with Gasteiger partial charge in [-0.3, -0.25) is 19.7 Å². The zero-order valence-electron chi connectivity index (χ0n) is 18.6. The Kier molecular flexibility index (Phi) is 7.82. The van der Waals surface area contributed by atoms with Gasteiger partial charge in [0.05, 0.1) is 0 Å². The number of hydrogen-bond acceptors (Lipinski definition) is 4. The van der Waals surface area contributed by atoms with Gasteiger partial charge in [-0.15, -0.1) is 0 Å². The van der Waals surface area contributed by atoms with Gasteiger partial charge in [-0.05, 0) is 61.0 Å². The fourth-order valence-corrected chi connectivity index (χ4v) is 4.25. The third kappa shape index (κ3) is 5.71. The Labute approximate surface area is 184 Å². The number of rotatable bonds is 7. The third-order valence-corrected chi connectivity index (χ3v) is 6.24. The lowest BCUT2D eigenvalue weighted by Crippen LogP contribution is -2.51. The Balaban J connectivity index is 1.58. The lowest BCUT2D eigenvalue weighted by molar-refractivity contribution is -0.137. The molecule has 0 radical (unpaired) electrons. The van der Waals surface area contributed by atoms with Crippen molar-refractivity contribution < 1.29 is 14.8 Å². The highest BCUT2D eigenvalue weighted by Crippen LogP contribution is 2.27. The number of likely N-dealkylation sites (tertiary alicyclic amines) is 1. The van der Waals surface area contributed by atoms with E-state index >= 15 is 0 Å². The molecule has 0 saturated carbocycles. The molecule has 1 fully saturated rings. The summed E-state index contributed by atoms with van der Waals surface area (Å²) in [6.45, 7) is 8.40. The van der Waals surface area contributed by atoms with Crippen molar-refractivity contribution >= 4 is 11.8 Å². The maximum absolute atomic E-state index is 12.7. The van der Waals surface area contributed by atoms with Gasteiger partial charge in [0.2, 0.25) is 5.91 Å². The van der Waals surface area contributed by atoms with E-state index in [9.17, 15) is 9.59 Å². The largest absolute Gasteiger partial charge is 0.344 e. The first-order valence-electron chi connectivity index (χ1n) is 11.0. The summed E-state index contributed by atoms with van der Waals surface area (Å²) in [6, 6.07) is 16.2. The van der Waals surface area contributed by atoms with Gasteiger partial charge >= 0.3 is 0 Å². The summed E-state index contributed by atoms with van der Waals surface area (Å²) in [5.41, 5.74) is 6.74. The molecule has 1 atom stereocenters. The molecule has 1 aliphatic rings. The molecule has 0 aliphatic carbocycles. The van der Waals surface area contributed by atoms with Crippen LogP contribution in [0.15, 0.2) is 48.5 Å². The van der Waals surface area contributed by atoms with Gasteiger partial charge in [0.15, 0.2) is 0 Å². The van der Waals surface area contributed by atoms with Crippen LogP contribution in [0.5, 0.6) is 0 Å². The second kappa shape index (κ2) is 10.6. The number of nitrogens with zero attached hydrogens (tertiary/aromatic N) is 1. The number of nitrogens with one attached hydrogen (secondary N) is 2. The van der Waals surface area contributed by atoms with E-state index in [4.69, 9.17) is 5.21 Å². The van der Waals surface area contributed by atoms with Crippen LogP contribution in [-0.2, 0) is 16.1 Å². The lowest BCUT2D eigenvalue weighted by Gasteiger charge is -2.32. The Morgan fingerprint density at radius 1 is 1.06 bits per heavy atom. The van der Waals surface area contributed by atoms with E-state index in [-0.39, 0.29) is 17.7 Å². The number of piperidine rings is 1. The van der Waals surface area contributed by atoms with Gasteiger partial charge in [-0.1, -0.05) is 62.4 Å². The Morgan fingerprint density at radius 3 is 2.35 bits per heavy atom. The molecular formula is C25H33N3O3. The highest BCUT2D eigenvalue weighted by molar-refractivity contribution is 5.88. The van der Waals surface area contributed by atoms with Crippen LogP contribution in [0.4, 0.5) is 0 Å². The zero-order valence-corrected chi connectivity index (χ0v) is 18.6. The molecule has 1 heterocycles. The van der Waals surface area contributed by atoms with Gasteiger partial charge in [0, 0.05) is 12.5 Å². The van der Waals surface area contributed by atoms with Crippen molar-refractivity contribution in [3.8, 4) is 11.1 Å². The first kappa shape index (κ1) is 23.0. The number of carbonyl (C=O) groups is 2. The number of amides is 2. The van der Waals surface area contributed by atoms with E-state index in [1.807, 2.05) is 19.9 Å². The van der Waals surface area contributed by atoms with Crippen molar-refractivity contribution in [2.24, 2.45) is 11.8 Å². The summed E-state index contributed by atoms with van der Waals surface area (Å²) >= 11 is 0. The number of hydroxylamine groups is 1. The molecular weight excluding hydrogens is 390 g/mol. The molecule has 1 unspecified atom stereocenters. The maximum Gasteiger partial charge on any atom is 0.266 e. The van der Waals surface area contributed by atoms with E-state index < -0.39 is 11.9 Å². The smallest absolute Gasteiger partial charge is 0.266 e. The Morgan fingerprint density at radius 2 is 1.74 bits per heavy atom. The predicted molar refractivity (Wildman–Crippen MR) is 121 cm³/mol. The average Bonchev–Trinajstić information content (AvgIpc) is 2.79. The van der Waals surface area contributed by atoms with E-state index in [1.54, 1.807) is 5.48 Å². The summed E-state index contributed by atoms with van der Waals surface area (Å²) in [5.74, 6) is -0.893. The normalized spacial score (nSPS) is 16.2. The SMILES string of the molecule is Cc1c(CN2CCC(C(=O)NC(C(=O)NO)C(C)C)CC2)cccc1-c1ccccc1. The second-order valence-corrected chi connectivity index (χ2v) is 8.71. The van der Waals surface area contributed by atoms with Gasteiger partial charge < -0.3 is 5.32 Å². The first-order valence-corrected chi connectivity index (χ1v) is 11.0. The standard InChI is InChI=1S/C25H33N3O3/c1-17(2)23(25(30)27-31)26-24(29)20-12-14-28(15-13-20)16-21-10-7-11-22(18(21)3)19-8-5-4-6-9-19/h4-11,17,20,23,31H,12-16H2,1-3H3,(H,26,29)(H,27,30). The lowest BCUT2D eigenvalue weighted by atomic mass is 9.93. The summed E-state index contributed by atoms with van der Waals surface area (Å²) in [5, 5.41) is 11.7. The fraction of sp³-hybridized carbons (Fsp3) is 0.440. The molecule has 6 heteroatoms. The topological polar surface area (TPSA) is 81.7 Å². The number of hydrogen-bond donors (Lipinski definition) is 3. The molecule has 3 rings (SSSR count). The second-order valence-electron chi connectivity index (χ2n) is 8.71. The minimum Gasteiger partial charge on any atom is -0.344 e. The van der Waals surface area contributed by atoms with Gasteiger partial charge in [-0.2, -0.15) is 0 Å². The van der Waals surface area contributed by atoms with Crippen LogP contribution >= 0.6 is 0 Å². The average molecular weight is 424 g/mol. The number of benzene rings is 2.